The maximum atomic E-state index is 9.71. The van der Waals surface area contributed by atoms with E-state index < -0.39 is 0 Å². The highest BCUT2D eigenvalue weighted by molar-refractivity contribution is 8.13. The van der Waals surface area contributed by atoms with Crippen molar-refractivity contribution in [2.75, 3.05) is 13.4 Å². The zero-order chi connectivity index (χ0) is 12.0. The number of amidine groups is 1. The van der Waals surface area contributed by atoms with E-state index in [1.165, 1.54) is 25.1 Å². The lowest BCUT2D eigenvalue weighted by Crippen LogP contribution is -2.03. The minimum absolute atomic E-state index is 0.0340. The molecule has 3 N–H and O–H groups in total. The first-order chi connectivity index (χ1) is 7.69. The van der Waals surface area contributed by atoms with Gasteiger partial charge in [-0.05, 0) is 18.4 Å². The van der Waals surface area contributed by atoms with Crippen molar-refractivity contribution in [2.24, 2.45) is 15.9 Å². The molecule has 0 aliphatic rings. The number of thioether (sulfide) groups is 1. The number of rotatable bonds is 3. The molecule has 1 aromatic carbocycles. The zero-order valence-corrected chi connectivity index (χ0v) is 9.86. The van der Waals surface area contributed by atoms with Gasteiger partial charge in [0.15, 0.2) is 16.7 Å². The monoisotopic (exact) mass is 239 g/mol. The van der Waals surface area contributed by atoms with Crippen LogP contribution < -0.4 is 10.5 Å². The lowest BCUT2D eigenvalue weighted by molar-refractivity contribution is 0.373. The number of hydrogen-bond donors (Lipinski definition) is 2. The Bertz CT molecular complexity index is 419. The fourth-order valence-electron chi connectivity index (χ4n) is 0.997. The Morgan fingerprint density at radius 3 is 2.94 bits per heavy atom. The minimum atomic E-state index is 0.0340. The number of nitrogens with two attached hydrogens (primary N) is 1. The minimum Gasteiger partial charge on any atom is -0.504 e. The van der Waals surface area contributed by atoms with Crippen LogP contribution in [0.5, 0.6) is 11.5 Å². The predicted octanol–water partition coefficient (Wildman–Crippen LogP) is 1.41. The summed E-state index contributed by atoms with van der Waals surface area (Å²) in [5, 5.41) is 17.5. The van der Waals surface area contributed by atoms with Crippen molar-refractivity contribution < 1.29 is 9.84 Å². The summed E-state index contributed by atoms with van der Waals surface area (Å²) in [4.78, 5) is 0. The van der Waals surface area contributed by atoms with E-state index in [4.69, 9.17) is 10.5 Å². The van der Waals surface area contributed by atoms with E-state index in [0.29, 0.717) is 16.5 Å². The molecule has 0 radical (unpaired) electrons. The molecule has 1 rings (SSSR count). The van der Waals surface area contributed by atoms with Crippen LogP contribution in [0.2, 0.25) is 0 Å². The number of phenols is 1. The van der Waals surface area contributed by atoms with Crippen molar-refractivity contribution in [3.05, 3.63) is 23.8 Å². The molecule has 0 fully saturated rings. The van der Waals surface area contributed by atoms with Gasteiger partial charge in [0.05, 0.1) is 13.3 Å². The van der Waals surface area contributed by atoms with E-state index >= 15 is 0 Å². The molecule has 86 valence electrons. The number of hydrogen-bond acceptors (Lipinski definition) is 5. The molecule has 0 atom stereocenters. The largest absolute Gasteiger partial charge is 0.504 e. The topological polar surface area (TPSA) is 80.2 Å². The first-order valence-electron chi connectivity index (χ1n) is 4.45. The van der Waals surface area contributed by atoms with E-state index in [1.807, 2.05) is 0 Å². The summed E-state index contributed by atoms with van der Waals surface area (Å²) in [6.45, 7) is 0. The third-order valence-electron chi connectivity index (χ3n) is 1.81. The fraction of sp³-hybridized carbons (Fsp3) is 0.200. The van der Waals surface area contributed by atoms with Gasteiger partial charge in [-0.1, -0.05) is 17.8 Å². The summed E-state index contributed by atoms with van der Waals surface area (Å²) in [6.07, 6.45) is 3.22. The van der Waals surface area contributed by atoms with E-state index in [-0.39, 0.29) is 5.75 Å². The number of benzene rings is 1. The molecule has 0 saturated carbocycles. The van der Waals surface area contributed by atoms with Crippen LogP contribution in [-0.2, 0) is 0 Å². The molecule has 5 nitrogen and oxygen atoms in total. The van der Waals surface area contributed by atoms with Crippen LogP contribution in [0.15, 0.2) is 28.4 Å². The highest BCUT2D eigenvalue weighted by Gasteiger charge is 2.04. The molecule has 0 aliphatic heterocycles. The Hall–Kier alpha value is -1.69. The van der Waals surface area contributed by atoms with E-state index in [9.17, 15) is 5.11 Å². The summed E-state index contributed by atoms with van der Waals surface area (Å²) >= 11 is 1.30. The molecule has 0 unspecified atom stereocenters. The molecular formula is C10H13N3O2S. The quantitative estimate of drug-likeness (QED) is 0.475. The predicted molar refractivity (Wildman–Crippen MR) is 67.4 cm³/mol. The van der Waals surface area contributed by atoms with Crippen molar-refractivity contribution in [3.8, 4) is 11.5 Å². The summed E-state index contributed by atoms with van der Waals surface area (Å²) in [5.74, 6) is 0.428. The molecular weight excluding hydrogens is 226 g/mol. The maximum absolute atomic E-state index is 9.71. The van der Waals surface area contributed by atoms with Gasteiger partial charge in [-0.25, -0.2) is 0 Å². The van der Waals surface area contributed by atoms with Gasteiger partial charge < -0.3 is 15.6 Å². The second-order valence-corrected chi connectivity index (χ2v) is 3.61. The Morgan fingerprint density at radius 1 is 1.56 bits per heavy atom. The van der Waals surface area contributed by atoms with E-state index in [1.54, 1.807) is 24.5 Å². The molecule has 0 bridgehead atoms. The first kappa shape index (κ1) is 12.4. The third kappa shape index (κ3) is 3.16. The van der Waals surface area contributed by atoms with E-state index in [2.05, 4.69) is 10.2 Å². The average Bonchev–Trinajstić information content (AvgIpc) is 2.31. The summed E-state index contributed by atoms with van der Waals surface area (Å²) in [6, 6.07) is 5.11. The smallest absolute Gasteiger partial charge is 0.180 e. The van der Waals surface area contributed by atoms with Crippen LogP contribution in [-0.4, -0.2) is 29.9 Å². The van der Waals surface area contributed by atoms with Crippen LogP contribution in [0.1, 0.15) is 5.56 Å². The van der Waals surface area contributed by atoms with Gasteiger partial charge in [-0.2, -0.15) is 5.10 Å². The van der Waals surface area contributed by atoms with Crippen molar-refractivity contribution in [1.29, 1.82) is 0 Å². The first-order valence-corrected chi connectivity index (χ1v) is 5.68. The lowest BCUT2D eigenvalue weighted by Gasteiger charge is -2.04. The fourth-order valence-corrected chi connectivity index (χ4v) is 1.13. The van der Waals surface area contributed by atoms with Crippen molar-refractivity contribution >= 4 is 23.1 Å². The number of aromatic hydroxyl groups is 1. The Labute approximate surface area is 98.0 Å². The standard InChI is InChI=1S/C10H13N3O2S/c1-15-8-5-3-4-7(9(8)14)6-12-13-10(11)16-2/h3-6,14H,1-2H3,(H2,11,13)/b12-6+. The van der Waals surface area contributed by atoms with Crippen molar-refractivity contribution in [2.45, 2.75) is 0 Å². The Morgan fingerprint density at radius 2 is 2.31 bits per heavy atom. The lowest BCUT2D eigenvalue weighted by atomic mass is 10.2. The molecule has 16 heavy (non-hydrogen) atoms. The van der Waals surface area contributed by atoms with Crippen LogP contribution in [0, 0.1) is 0 Å². The van der Waals surface area contributed by atoms with Crippen LogP contribution in [0.4, 0.5) is 0 Å². The molecule has 1 aromatic rings. The Kier molecular flexibility index (Phi) is 4.65. The number of methoxy groups -OCH3 is 1. The Balaban J connectivity index is 2.89. The normalized spacial score (nSPS) is 12.0. The van der Waals surface area contributed by atoms with Gasteiger partial charge in [-0.3, -0.25) is 0 Å². The molecule has 0 aliphatic carbocycles. The second kappa shape index (κ2) is 6.02. The van der Waals surface area contributed by atoms with Crippen molar-refractivity contribution in [1.82, 2.24) is 0 Å². The van der Waals surface area contributed by atoms with Gasteiger partial charge in [0, 0.05) is 5.56 Å². The highest BCUT2D eigenvalue weighted by Crippen LogP contribution is 2.27. The average molecular weight is 239 g/mol. The molecule has 0 saturated heterocycles. The van der Waals surface area contributed by atoms with Crippen LogP contribution in [0.25, 0.3) is 0 Å². The second-order valence-electron chi connectivity index (χ2n) is 2.79. The van der Waals surface area contributed by atoms with Gasteiger partial charge in [0.25, 0.3) is 0 Å². The number of para-hydroxylation sites is 1. The molecule has 0 aromatic heterocycles. The highest BCUT2D eigenvalue weighted by atomic mass is 32.2. The maximum Gasteiger partial charge on any atom is 0.180 e. The zero-order valence-electron chi connectivity index (χ0n) is 9.04. The van der Waals surface area contributed by atoms with Gasteiger partial charge in [0.1, 0.15) is 0 Å². The van der Waals surface area contributed by atoms with Gasteiger partial charge in [0.2, 0.25) is 0 Å². The number of phenolic OH excluding ortho intramolecular Hbond substituents is 1. The van der Waals surface area contributed by atoms with Gasteiger partial charge in [-0.15, -0.1) is 5.10 Å². The third-order valence-corrected chi connectivity index (χ3v) is 2.31. The van der Waals surface area contributed by atoms with Gasteiger partial charge >= 0.3 is 0 Å². The number of ether oxygens (including phenoxy) is 1. The SMILES string of the molecule is COc1cccc(/C=N/N=C(\N)SC)c1O. The van der Waals surface area contributed by atoms with Crippen LogP contribution in [0.3, 0.4) is 0 Å². The molecule has 6 heteroatoms. The van der Waals surface area contributed by atoms with Crippen molar-refractivity contribution in [3.63, 3.8) is 0 Å². The summed E-state index contributed by atoms with van der Waals surface area (Å²) in [7, 11) is 1.49. The summed E-state index contributed by atoms with van der Waals surface area (Å²) in [5.41, 5.74) is 5.97. The number of nitrogens with zero attached hydrogens (tertiary/aromatic N) is 2. The summed E-state index contributed by atoms with van der Waals surface area (Å²) < 4.78 is 4.96. The molecule has 0 spiro atoms. The molecule has 0 amide bonds. The van der Waals surface area contributed by atoms with Crippen LogP contribution >= 0.6 is 11.8 Å². The van der Waals surface area contributed by atoms with E-state index in [0.717, 1.165) is 0 Å². The molecule has 0 heterocycles.